The maximum atomic E-state index is 9.77. The summed E-state index contributed by atoms with van der Waals surface area (Å²) in [5.74, 6) is 3.15. The summed E-state index contributed by atoms with van der Waals surface area (Å²) in [5, 5.41) is 19.4. The third-order valence-electron chi connectivity index (χ3n) is 8.67. The quantitative estimate of drug-likeness (QED) is 0.111. The highest BCUT2D eigenvalue weighted by atomic mass is 16.5. The summed E-state index contributed by atoms with van der Waals surface area (Å²) < 4.78 is 25.3. The summed E-state index contributed by atoms with van der Waals surface area (Å²) in [6.45, 7) is 19.0. The van der Waals surface area contributed by atoms with E-state index in [9.17, 15) is 10.2 Å². The minimum atomic E-state index is -0.598. The van der Waals surface area contributed by atoms with Gasteiger partial charge in [0.1, 0.15) is 36.2 Å². The monoisotopic (exact) mass is 642 g/mol. The molecule has 0 bridgehead atoms. The van der Waals surface area contributed by atoms with Gasteiger partial charge in [-0.3, -0.25) is 0 Å². The van der Waals surface area contributed by atoms with Gasteiger partial charge in [-0.2, -0.15) is 0 Å². The van der Waals surface area contributed by atoms with Gasteiger partial charge in [0, 0.05) is 22.1 Å². The molecule has 0 aromatic heterocycles. The van der Waals surface area contributed by atoms with Gasteiger partial charge in [0.25, 0.3) is 0 Å². The topological polar surface area (TPSA) is 77.4 Å². The molecule has 0 spiro atoms. The van der Waals surface area contributed by atoms with Crippen LogP contribution in [0, 0.1) is 6.92 Å². The summed E-state index contributed by atoms with van der Waals surface area (Å²) in [5.41, 5.74) is 3.09. The third-order valence-corrected chi connectivity index (χ3v) is 8.67. The molecule has 2 aromatic rings. The van der Waals surface area contributed by atoms with Crippen LogP contribution in [0.15, 0.2) is 24.3 Å². The number of aryl methyl sites for hydroxylation is 1. The Labute approximate surface area is 281 Å². The Morgan fingerprint density at radius 1 is 0.500 bits per heavy atom. The number of ether oxygens (including phenoxy) is 4. The van der Waals surface area contributed by atoms with Crippen molar-refractivity contribution < 1.29 is 29.2 Å². The van der Waals surface area contributed by atoms with Crippen molar-refractivity contribution in [1.82, 2.24) is 0 Å². The number of hydrogen-bond acceptors (Lipinski definition) is 6. The molecule has 0 unspecified atom stereocenters. The molecule has 0 aliphatic carbocycles. The van der Waals surface area contributed by atoms with E-state index in [-0.39, 0.29) is 31.8 Å². The van der Waals surface area contributed by atoms with Gasteiger partial charge in [-0.1, -0.05) is 113 Å². The van der Waals surface area contributed by atoms with Crippen LogP contribution in [0.3, 0.4) is 0 Å². The average Bonchev–Trinajstić information content (AvgIpc) is 3.01. The van der Waals surface area contributed by atoms with Gasteiger partial charge in [0.15, 0.2) is 0 Å². The summed E-state index contributed by atoms with van der Waals surface area (Å²) in [4.78, 5) is 0. The van der Waals surface area contributed by atoms with E-state index in [0.29, 0.717) is 13.2 Å². The van der Waals surface area contributed by atoms with Crippen molar-refractivity contribution in [3.8, 4) is 23.0 Å². The van der Waals surface area contributed by atoms with E-state index >= 15 is 0 Å². The normalized spacial score (nSPS) is 12.0. The molecule has 0 atom stereocenters. The van der Waals surface area contributed by atoms with Crippen LogP contribution in [0.5, 0.6) is 23.0 Å². The third kappa shape index (κ3) is 12.6. The molecule has 0 radical (unpaired) electrons. The summed E-state index contributed by atoms with van der Waals surface area (Å²) >= 11 is 0. The van der Waals surface area contributed by atoms with E-state index in [2.05, 4.69) is 66.7 Å². The Morgan fingerprint density at radius 2 is 0.913 bits per heavy atom. The van der Waals surface area contributed by atoms with Crippen LogP contribution in [0.2, 0.25) is 0 Å². The second-order valence-corrected chi connectivity index (χ2v) is 14.2. The SMILES string of the molecule is CCCCCCCCOc1cc(C)c(OCCO)c(C(C)(C)c2cc(OCCCCCCCC)cc(C(C)(C)C)c2OCCO)c1. The smallest absolute Gasteiger partial charge is 0.127 e. The van der Waals surface area contributed by atoms with Gasteiger partial charge >= 0.3 is 0 Å². The summed E-state index contributed by atoms with van der Waals surface area (Å²) in [6, 6.07) is 8.34. The van der Waals surface area contributed by atoms with E-state index in [0.717, 1.165) is 58.1 Å². The maximum Gasteiger partial charge on any atom is 0.127 e. The number of aliphatic hydroxyl groups excluding tert-OH is 2. The Bertz CT molecular complexity index is 1130. The Kier molecular flexibility index (Phi) is 17.9. The minimum absolute atomic E-state index is 0.0730. The number of benzene rings is 2. The Balaban J connectivity index is 2.54. The lowest BCUT2D eigenvalue weighted by molar-refractivity contribution is 0.194. The van der Waals surface area contributed by atoms with Gasteiger partial charge in [-0.05, 0) is 55.0 Å². The van der Waals surface area contributed by atoms with E-state index in [4.69, 9.17) is 18.9 Å². The van der Waals surface area contributed by atoms with E-state index < -0.39 is 5.41 Å². The van der Waals surface area contributed by atoms with Crippen molar-refractivity contribution in [3.05, 3.63) is 46.5 Å². The molecule has 2 rings (SSSR count). The van der Waals surface area contributed by atoms with E-state index in [1.54, 1.807) is 0 Å². The molecule has 0 saturated heterocycles. The van der Waals surface area contributed by atoms with E-state index in [1.807, 2.05) is 13.0 Å². The molecule has 0 fully saturated rings. The standard InChI is InChI=1S/C40H66O6/c1-9-11-13-15-17-19-23-43-32-27-31(3)37(45-25-21-41)35(29-32)40(7,8)36-30-33(44-24-20-18-16-14-12-10-2)28-34(39(4,5)6)38(36)46-26-22-42/h27-30,41-42H,9-26H2,1-8H3. The summed E-state index contributed by atoms with van der Waals surface area (Å²) in [6.07, 6.45) is 14.5. The largest absolute Gasteiger partial charge is 0.494 e. The first-order valence-electron chi connectivity index (χ1n) is 18.1. The van der Waals surface area contributed by atoms with Crippen molar-refractivity contribution in [2.75, 3.05) is 39.6 Å². The molecular formula is C40H66O6. The van der Waals surface area contributed by atoms with Crippen molar-refractivity contribution in [3.63, 3.8) is 0 Å². The first kappa shape index (κ1) is 39.7. The van der Waals surface area contributed by atoms with Crippen LogP contribution >= 0.6 is 0 Å². The first-order valence-corrected chi connectivity index (χ1v) is 18.1. The predicted molar refractivity (Wildman–Crippen MR) is 191 cm³/mol. The van der Waals surface area contributed by atoms with Gasteiger partial charge in [-0.15, -0.1) is 0 Å². The lowest BCUT2D eigenvalue weighted by Gasteiger charge is -2.34. The number of hydrogen-bond donors (Lipinski definition) is 2. The van der Waals surface area contributed by atoms with Crippen LogP contribution < -0.4 is 18.9 Å². The predicted octanol–water partition coefficient (Wildman–Crippen LogP) is 9.84. The second-order valence-electron chi connectivity index (χ2n) is 14.2. The van der Waals surface area contributed by atoms with Gasteiger partial charge in [0.2, 0.25) is 0 Å². The zero-order chi connectivity index (χ0) is 34.0. The zero-order valence-corrected chi connectivity index (χ0v) is 30.6. The Morgan fingerprint density at radius 3 is 1.39 bits per heavy atom. The van der Waals surface area contributed by atoms with Crippen molar-refractivity contribution >= 4 is 0 Å². The number of unbranched alkanes of at least 4 members (excludes halogenated alkanes) is 10. The number of aliphatic hydroxyl groups is 2. The van der Waals surface area contributed by atoms with Crippen molar-refractivity contribution in [2.24, 2.45) is 0 Å². The van der Waals surface area contributed by atoms with Gasteiger partial charge < -0.3 is 29.2 Å². The van der Waals surface area contributed by atoms with Crippen LogP contribution in [-0.2, 0) is 10.8 Å². The molecule has 0 amide bonds. The fourth-order valence-electron chi connectivity index (χ4n) is 5.93. The molecule has 6 heteroatoms. The Hall–Kier alpha value is -2.44. The van der Waals surface area contributed by atoms with Crippen LogP contribution in [0.1, 0.15) is 148 Å². The molecule has 6 nitrogen and oxygen atoms in total. The number of rotatable bonds is 24. The van der Waals surface area contributed by atoms with Crippen molar-refractivity contribution in [1.29, 1.82) is 0 Å². The fourth-order valence-corrected chi connectivity index (χ4v) is 5.93. The van der Waals surface area contributed by atoms with Gasteiger partial charge in [0.05, 0.1) is 26.4 Å². The molecule has 2 N–H and O–H groups in total. The average molecular weight is 643 g/mol. The molecule has 262 valence electrons. The maximum absolute atomic E-state index is 9.77. The highest BCUT2D eigenvalue weighted by molar-refractivity contribution is 5.60. The molecule has 2 aromatic carbocycles. The van der Waals surface area contributed by atoms with Crippen LogP contribution in [0.25, 0.3) is 0 Å². The van der Waals surface area contributed by atoms with E-state index in [1.165, 1.54) is 64.2 Å². The lowest BCUT2D eigenvalue weighted by atomic mass is 9.73. The highest BCUT2D eigenvalue weighted by Crippen LogP contribution is 2.48. The highest BCUT2D eigenvalue weighted by Gasteiger charge is 2.35. The molecular weight excluding hydrogens is 576 g/mol. The second kappa shape index (κ2) is 20.7. The van der Waals surface area contributed by atoms with Crippen molar-refractivity contribution in [2.45, 2.75) is 143 Å². The summed E-state index contributed by atoms with van der Waals surface area (Å²) in [7, 11) is 0. The minimum Gasteiger partial charge on any atom is -0.494 e. The molecule has 0 aliphatic rings. The van der Waals surface area contributed by atoms with Crippen LogP contribution in [0.4, 0.5) is 0 Å². The molecule has 0 saturated carbocycles. The molecule has 0 aliphatic heterocycles. The van der Waals surface area contributed by atoms with Crippen LogP contribution in [-0.4, -0.2) is 49.9 Å². The first-order chi connectivity index (χ1) is 22.0. The fraction of sp³-hybridized carbons (Fsp3) is 0.700. The molecule has 46 heavy (non-hydrogen) atoms. The molecule has 0 heterocycles. The zero-order valence-electron chi connectivity index (χ0n) is 30.6. The van der Waals surface area contributed by atoms with Gasteiger partial charge in [-0.25, -0.2) is 0 Å². The lowest BCUT2D eigenvalue weighted by Crippen LogP contribution is -2.25.